The minimum absolute atomic E-state index is 0. The van der Waals surface area contributed by atoms with Gasteiger partial charge >= 0.3 is 11.9 Å². The van der Waals surface area contributed by atoms with Crippen LogP contribution in [0.15, 0.2) is 0 Å². The smallest absolute Gasteiger partial charge is 0.321 e. The molecule has 5 nitrogen and oxygen atoms in total. The number of carboxylic acid groups (broad SMARTS) is 2. The summed E-state index contributed by atoms with van der Waals surface area (Å²) in [6, 6.07) is -1.29. The van der Waals surface area contributed by atoms with Crippen LogP contribution >= 0.6 is 0 Å². The molecule has 4 N–H and O–H groups in total. The van der Waals surface area contributed by atoms with Crippen molar-refractivity contribution in [1.82, 2.24) is 0 Å². The molecule has 11 heavy (non-hydrogen) atoms. The molecule has 5 heteroatoms. The van der Waals surface area contributed by atoms with Gasteiger partial charge in [-0.3, -0.25) is 9.59 Å². The quantitative estimate of drug-likeness (QED) is 0.552. The molecule has 0 aliphatic carbocycles. The summed E-state index contributed by atoms with van der Waals surface area (Å²) in [6.45, 7) is 0. The van der Waals surface area contributed by atoms with Gasteiger partial charge in [0.15, 0.2) is 0 Å². The van der Waals surface area contributed by atoms with E-state index in [2.05, 4.69) is 0 Å². The molecule has 0 saturated heterocycles. The Morgan fingerprint density at radius 2 is 1.64 bits per heavy atom. The van der Waals surface area contributed by atoms with Gasteiger partial charge < -0.3 is 15.9 Å². The van der Waals surface area contributed by atoms with Gasteiger partial charge in [0, 0.05) is 0 Å². The summed E-state index contributed by atoms with van der Waals surface area (Å²) in [5, 5.41) is 16.0. The summed E-state index contributed by atoms with van der Waals surface area (Å²) < 4.78 is 0. The molecule has 1 atom stereocenters. The second kappa shape index (κ2) is 7.01. The standard InChI is InChI=1S/C4H7NO4.2CH4/c5-2(4(8)9)1-3(6)7;;/h2H,1,5H2,(H,6,7)(H,8,9);2*1H4. The number of carboxylic acids is 2. The summed E-state index contributed by atoms with van der Waals surface area (Å²) >= 11 is 0. The normalized spacial score (nSPS) is 10.3. The summed E-state index contributed by atoms with van der Waals surface area (Å²) in [4.78, 5) is 19.6. The van der Waals surface area contributed by atoms with Crippen LogP contribution in [0.3, 0.4) is 0 Å². The zero-order valence-corrected chi connectivity index (χ0v) is 4.57. The molecule has 0 aromatic carbocycles. The summed E-state index contributed by atoms with van der Waals surface area (Å²) in [7, 11) is 0. The highest BCUT2D eigenvalue weighted by Gasteiger charge is 2.14. The van der Waals surface area contributed by atoms with E-state index in [0.29, 0.717) is 0 Å². The van der Waals surface area contributed by atoms with Crippen LogP contribution in [0.2, 0.25) is 0 Å². The maximum atomic E-state index is 9.85. The fourth-order valence-electron chi connectivity index (χ4n) is 0.275. The molecule has 0 spiro atoms. The third kappa shape index (κ3) is 8.90. The van der Waals surface area contributed by atoms with Crippen molar-refractivity contribution in [1.29, 1.82) is 0 Å². The molecule has 0 rings (SSSR count). The highest BCUT2D eigenvalue weighted by atomic mass is 16.4. The van der Waals surface area contributed by atoms with Crippen LogP contribution in [0, 0.1) is 0 Å². The highest BCUT2D eigenvalue weighted by molar-refractivity contribution is 5.80. The zero-order chi connectivity index (χ0) is 7.44. The molecule has 0 aromatic rings. The first-order chi connectivity index (χ1) is 4.04. The first-order valence-electron chi connectivity index (χ1n) is 2.24. The van der Waals surface area contributed by atoms with Crippen LogP contribution in [-0.4, -0.2) is 28.2 Å². The van der Waals surface area contributed by atoms with Crippen LogP contribution in [0.5, 0.6) is 0 Å². The molecule has 0 aromatic heterocycles. The van der Waals surface area contributed by atoms with Crippen molar-refractivity contribution in [2.45, 2.75) is 27.3 Å². The number of rotatable bonds is 3. The Morgan fingerprint density at radius 1 is 1.27 bits per heavy atom. The summed E-state index contributed by atoms with van der Waals surface area (Å²) in [6.07, 6.45) is -0.532. The van der Waals surface area contributed by atoms with Crippen molar-refractivity contribution in [3.05, 3.63) is 0 Å². The van der Waals surface area contributed by atoms with Crippen LogP contribution < -0.4 is 5.73 Å². The van der Waals surface area contributed by atoms with Crippen molar-refractivity contribution in [3.8, 4) is 0 Å². The van der Waals surface area contributed by atoms with Crippen molar-refractivity contribution < 1.29 is 19.8 Å². The minimum Gasteiger partial charge on any atom is -0.481 e. The third-order valence-electron chi connectivity index (χ3n) is 0.712. The molecular formula is C6H15NO4. The van der Waals surface area contributed by atoms with Gasteiger partial charge in [-0.25, -0.2) is 0 Å². The van der Waals surface area contributed by atoms with E-state index in [0.717, 1.165) is 0 Å². The monoisotopic (exact) mass is 165 g/mol. The Bertz CT molecular complexity index is 135. The van der Waals surface area contributed by atoms with Gasteiger partial charge in [0.2, 0.25) is 0 Å². The van der Waals surface area contributed by atoms with E-state index in [1.165, 1.54) is 0 Å². The van der Waals surface area contributed by atoms with Crippen molar-refractivity contribution >= 4 is 11.9 Å². The number of hydrogen-bond donors (Lipinski definition) is 3. The van der Waals surface area contributed by atoms with Crippen molar-refractivity contribution in [2.24, 2.45) is 5.73 Å². The summed E-state index contributed by atoms with van der Waals surface area (Å²) in [5.41, 5.74) is 4.84. The number of nitrogens with two attached hydrogens (primary N) is 1. The lowest BCUT2D eigenvalue weighted by Gasteiger charge is -1.99. The van der Waals surface area contributed by atoms with Gasteiger partial charge in [-0.15, -0.1) is 0 Å². The Hall–Kier alpha value is -1.10. The predicted octanol–water partition coefficient (Wildman–Crippen LogP) is 0.145. The molecule has 0 aliphatic rings. The zero-order valence-electron chi connectivity index (χ0n) is 4.57. The van der Waals surface area contributed by atoms with Gasteiger partial charge in [0.1, 0.15) is 6.04 Å². The molecule has 0 aliphatic heterocycles. The predicted molar refractivity (Wildman–Crippen MR) is 41.3 cm³/mol. The average Bonchev–Trinajstić information content (AvgIpc) is 1.63. The Labute approximate surface area is 65.8 Å². The number of aliphatic carboxylic acids is 2. The molecule has 1 unspecified atom stereocenters. The topological polar surface area (TPSA) is 101 Å². The number of carbonyl (C=O) groups is 2. The van der Waals surface area contributed by atoms with Crippen LogP contribution in [0.1, 0.15) is 21.3 Å². The first-order valence-corrected chi connectivity index (χ1v) is 2.24. The van der Waals surface area contributed by atoms with E-state index in [4.69, 9.17) is 15.9 Å². The molecule has 0 fully saturated rings. The van der Waals surface area contributed by atoms with Crippen molar-refractivity contribution in [2.75, 3.05) is 0 Å². The second-order valence-corrected chi connectivity index (χ2v) is 1.54. The van der Waals surface area contributed by atoms with Gasteiger partial charge in [-0.2, -0.15) is 0 Å². The van der Waals surface area contributed by atoms with E-state index in [9.17, 15) is 9.59 Å². The minimum atomic E-state index is -1.29. The van der Waals surface area contributed by atoms with E-state index < -0.39 is 24.4 Å². The van der Waals surface area contributed by atoms with Crippen molar-refractivity contribution in [3.63, 3.8) is 0 Å². The fourth-order valence-corrected chi connectivity index (χ4v) is 0.275. The second-order valence-electron chi connectivity index (χ2n) is 1.54. The van der Waals surface area contributed by atoms with E-state index in [-0.39, 0.29) is 14.9 Å². The van der Waals surface area contributed by atoms with Gasteiger partial charge in [0.25, 0.3) is 0 Å². The molecule has 0 bridgehead atoms. The van der Waals surface area contributed by atoms with Gasteiger partial charge in [0.05, 0.1) is 6.42 Å². The number of hydrogen-bond acceptors (Lipinski definition) is 3. The van der Waals surface area contributed by atoms with Crippen LogP contribution in [0.4, 0.5) is 0 Å². The first kappa shape index (κ1) is 16.5. The Kier molecular flexibility index (Phi) is 10.5. The maximum absolute atomic E-state index is 9.85. The molecule has 68 valence electrons. The lowest BCUT2D eigenvalue weighted by molar-refractivity contribution is -0.144. The van der Waals surface area contributed by atoms with E-state index >= 15 is 0 Å². The lowest BCUT2D eigenvalue weighted by atomic mass is 10.2. The highest BCUT2D eigenvalue weighted by Crippen LogP contribution is 1.86. The van der Waals surface area contributed by atoms with Crippen LogP contribution in [-0.2, 0) is 9.59 Å². The molecule has 0 amide bonds. The maximum Gasteiger partial charge on any atom is 0.321 e. The lowest BCUT2D eigenvalue weighted by Crippen LogP contribution is -2.32. The molecular weight excluding hydrogens is 150 g/mol. The average molecular weight is 165 g/mol. The largest absolute Gasteiger partial charge is 0.481 e. The van der Waals surface area contributed by atoms with E-state index in [1.807, 2.05) is 0 Å². The molecule has 0 heterocycles. The Morgan fingerprint density at radius 3 is 1.73 bits per heavy atom. The van der Waals surface area contributed by atoms with E-state index in [1.54, 1.807) is 0 Å². The van der Waals surface area contributed by atoms with Gasteiger partial charge in [-0.1, -0.05) is 14.9 Å². The third-order valence-corrected chi connectivity index (χ3v) is 0.712. The van der Waals surface area contributed by atoms with Crippen LogP contribution in [0.25, 0.3) is 0 Å². The molecule has 0 saturated carbocycles. The Balaban J connectivity index is -0.000000320. The molecule has 0 radical (unpaired) electrons. The fraction of sp³-hybridized carbons (Fsp3) is 0.667. The summed E-state index contributed by atoms with van der Waals surface area (Å²) in [5.74, 6) is -2.50. The SMILES string of the molecule is C.C.NC(CC(=O)O)C(=O)O. The van der Waals surface area contributed by atoms with Gasteiger partial charge in [-0.05, 0) is 0 Å².